The zero-order valence-corrected chi connectivity index (χ0v) is 17.8. The quantitative estimate of drug-likeness (QED) is 0.626. The number of halogens is 2. The lowest BCUT2D eigenvalue weighted by Gasteiger charge is -2.11. The summed E-state index contributed by atoms with van der Waals surface area (Å²) in [7, 11) is 1.35. The first-order chi connectivity index (χ1) is 14.7. The van der Waals surface area contributed by atoms with Crippen LogP contribution in [0.3, 0.4) is 0 Å². The molecule has 0 aliphatic carbocycles. The number of aromatic nitrogens is 4. The van der Waals surface area contributed by atoms with Gasteiger partial charge in [0.15, 0.2) is 0 Å². The molecular formula is C21H19ClFN5O3. The zero-order valence-electron chi connectivity index (χ0n) is 17.1. The second kappa shape index (κ2) is 7.66. The summed E-state index contributed by atoms with van der Waals surface area (Å²) in [6, 6.07) is 5.66. The van der Waals surface area contributed by atoms with Gasteiger partial charge in [-0.25, -0.2) is 13.9 Å². The van der Waals surface area contributed by atoms with Gasteiger partial charge in [0, 0.05) is 19.2 Å². The number of hydrogen-bond donors (Lipinski definition) is 1. The Bertz CT molecular complexity index is 1370. The van der Waals surface area contributed by atoms with Crippen LogP contribution in [0.4, 0.5) is 10.2 Å². The summed E-state index contributed by atoms with van der Waals surface area (Å²) in [5.41, 5.74) is 0.442. The number of allylic oxidation sites excluding steroid dienone is 1. The molecular weight excluding hydrogens is 425 g/mol. The maximum Gasteiger partial charge on any atom is 0.332 e. The topological polar surface area (TPSA) is 90.9 Å². The molecule has 2 aromatic heterocycles. The van der Waals surface area contributed by atoms with Gasteiger partial charge in [-0.1, -0.05) is 18.5 Å². The molecule has 0 unspecified atom stereocenters. The molecule has 1 aliphatic rings. The van der Waals surface area contributed by atoms with Gasteiger partial charge in [-0.2, -0.15) is 5.10 Å². The number of carbonyl (C=O) groups is 1. The van der Waals surface area contributed by atoms with E-state index in [1.54, 1.807) is 6.92 Å². The first-order valence-electron chi connectivity index (χ1n) is 9.62. The van der Waals surface area contributed by atoms with Crippen LogP contribution in [0.1, 0.15) is 35.0 Å². The lowest BCUT2D eigenvalue weighted by Crippen LogP contribution is -2.40. The van der Waals surface area contributed by atoms with Crippen molar-refractivity contribution < 1.29 is 9.18 Å². The SMILES string of the molecule is CCCn1c2c(c(=O)n(C)c1=O)C(=O)/C(=C/c1c(C)nn(-c3ccc(F)cc3)c1Cl)N2. The molecule has 4 rings (SSSR count). The first kappa shape index (κ1) is 20.8. The average Bonchev–Trinajstić information content (AvgIpc) is 3.21. The highest BCUT2D eigenvalue weighted by Crippen LogP contribution is 2.30. The second-order valence-electron chi connectivity index (χ2n) is 7.21. The molecule has 0 radical (unpaired) electrons. The summed E-state index contributed by atoms with van der Waals surface area (Å²) < 4.78 is 17.0. The highest BCUT2D eigenvalue weighted by molar-refractivity contribution is 6.32. The van der Waals surface area contributed by atoms with Crippen molar-refractivity contribution in [2.45, 2.75) is 26.8 Å². The summed E-state index contributed by atoms with van der Waals surface area (Å²) in [6.45, 7) is 3.96. The Morgan fingerprint density at radius 1 is 1.19 bits per heavy atom. The molecule has 1 N–H and O–H groups in total. The Morgan fingerprint density at radius 2 is 1.87 bits per heavy atom. The van der Waals surface area contributed by atoms with E-state index in [1.807, 2.05) is 6.92 Å². The van der Waals surface area contributed by atoms with E-state index in [9.17, 15) is 18.8 Å². The number of rotatable bonds is 4. The fraction of sp³-hybridized carbons (Fsp3) is 0.238. The van der Waals surface area contributed by atoms with Gasteiger partial charge in [-0.3, -0.25) is 18.7 Å². The van der Waals surface area contributed by atoms with Gasteiger partial charge >= 0.3 is 5.69 Å². The lowest BCUT2D eigenvalue weighted by molar-refractivity contribution is 0.104. The third-order valence-electron chi connectivity index (χ3n) is 5.12. The van der Waals surface area contributed by atoms with Gasteiger partial charge < -0.3 is 5.32 Å². The number of carbonyl (C=O) groups excluding carboxylic acids is 1. The van der Waals surface area contributed by atoms with Gasteiger partial charge in [0.1, 0.15) is 22.4 Å². The number of benzene rings is 1. The van der Waals surface area contributed by atoms with Crippen molar-refractivity contribution >= 4 is 29.3 Å². The third kappa shape index (κ3) is 3.31. The Labute approximate surface area is 181 Å². The number of aryl methyl sites for hydroxylation is 1. The summed E-state index contributed by atoms with van der Waals surface area (Å²) in [4.78, 5) is 38.1. The van der Waals surface area contributed by atoms with Gasteiger partial charge in [0.25, 0.3) is 5.56 Å². The molecule has 1 aromatic carbocycles. The van der Waals surface area contributed by atoms with E-state index in [1.165, 1.54) is 46.6 Å². The van der Waals surface area contributed by atoms with E-state index in [4.69, 9.17) is 11.6 Å². The van der Waals surface area contributed by atoms with Crippen LogP contribution in [-0.4, -0.2) is 24.7 Å². The molecule has 160 valence electrons. The predicted molar refractivity (Wildman–Crippen MR) is 115 cm³/mol. The van der Waals surface area contributed by atoms with E-state index < -0.39 is 17.0 Å². The van der Waals surface area contributed by atoms with Crippen LogP contribution in [0.5, 0.6) is 0 Å². The molecule has 8 nitrogen and oxygen atoms in total. The van der Waals surface area contributed by atoms with Crippen LogP contribution in [0.25, 0.3) is 11.8 Å². The zero-order chi connectivity index (χ0) is 22.4. The Morgan fingerprint density at radius 3 is 2.52 bits per heavy atom. The Balaban J connectivity index is 1.82. The van der Waals surface area contributed by atoms with E-state index in [0.29, 0.717) is 29.9 Å². The van der Waals surface area contributed by atoms with Crippen LogP contribution in [0.15, 0.2) is 39.6 Å². The minimum Gasteiger partial charge on any atom is -0.338 e. The normalized spacial score (nSPS) is 14.2. The molecule has 0 fully saturated rings. The number of fused-ring (bicyclic) bond motifs is 1. The molecule has 10 heteroatoms. The number of hydrogen-bond acceptors (Lipinski definition) is 5. The maximum atomic E-state index is 13.2. The molecule has 0 saturated heterocycles. The molecule has 0 spiro atoms. The largest absolute Gasteiger partial charge is 0.338 e. The highest BCUT2D eigenvalue weighted by atomic mass is 35.5. The van der Waals surface area contributed by atoms with Crippen molar-refractivity contribution in [2.24, 2.45) is 7.05 Å². The monoisotopic (exact) mass is 443 g/mol. The van der Waals surface area contributed by atoms with Crippen LogP contribution in [-0.2, 0) is 13.6 Å². The van der Waals surface area contributed by atoms with Crippen molar-refractivity contribution in [3.63, 3.8) is 0 Å². The van der Waals surface area contributed by atoms with Crippen LogP contribution in [0, 0.1) is 12.7 Å². The molecule has 0 saturated carbocycles. The smallest absolute Gasteiger partial charge is 0.332 e. The van der Waals surface area contributed by atoms with Gasteiger partial charge in [-0.15, -0.1) is 0 Å². The Kier molecular flexibility index (Phi) is 5.14. The summed E-state index contributed by atoms with van der Waals surface area (Å²) >= 11 is 6.51. The second-order valence-corrected chi connectivity index (χ2v) is 7.57. The molecule has 31 heavy (non-hydrogen) atoms. The summed E-state index contributed by atoms with van der Waals surface area (Å²) in [5.74, 6) is -0.722. The number of Topliss-reactive ketones (excluding diaryl/α,β-unsaturated/α-hetero) is 1. The number of ketones is 1. The lowest BCUT2D eigenvalue weighted by atomic mass is 10.1. The molecule has 3 heterocycles. The summed E-state index contributed by atoms with van der Waals surface area (Å²) in [6.07, 6.45) is 2.15. The molecule has 1 aliphatic heterocycles. The van der Waals surface area contributed by atoms with Crippen LogP contribution < -0.4 is 16.6 Å². The van der Waals surface area contributed by atoms with Gasteiger partial charge in [-0.05, 0) is 43.7 Å². The van der Waals surface area contributed by atoms with Crippen molar-refractivity contribution in [1.82, 2.24) is 18.9 Å². The average molecular weight is 444 g/mol. The number of anilines is 1. The van der Waals surface area contributed by atoms with E-state index in [0.717, 1.165) is 4.57 Å². The highest BCUT2D eigenvalue weighted by Gasteiger charge is 2.33. The fourth-order valence-electron chi connectivity index (χ4n) is 3.53. The Hall–Kier alpha value is -3.46. The third-order valence-corrected chi connectivity index (χ3v) is 5.49. The fourth-order valence-corrected chi connectivity index (χ4v) is 3.85. The van der Waals surface area contributed by atoms with E-state index in [-0.39, 0.29) is 28.0 Å². The van der Waals surface area contributed by atoms with E-state index in [2.05, 4.69) is 10.4 Å². The standard InChI is InChI=1S/C21H19ClFN5O3/c1-4-9-27-19-16(20(30)26(3)21(27)31)17(29)15(24-19)10-14-11(2)25-28(18(14)22)13-7-5-12(23)6-8-13/h5-8,10,24H,4,9H2,1-3H3/b15-10-. The van der Waals surface area contributed by atoms with Crippen molar-refractivity contribution in [3.8, 4) is 5.69 Å². The molecule has 0 bridgehead atoms. The van der Waals surface area contributed by atoms with Crippen LogP contribution >= 0.6 is 11.6 Å². The minimum absolute atomic E-state index is 0.0819. The van der Waals surface area contributed by atoms with Crippen molar-refractivity contribution in [3.05, 3.63) is 78.6 Å². The number of nitrogens with zero attached hydrogens (tertiary/aromatic N) is 4. The van der Waals surface area contributed by atoms with Gasteiger partial charge in [0.05, 0.1) is 17.1 Å². The minimum atomic E-state index is -0.655. The van der Waals surface area contributed by atoms with Crippen LogP contribution in [0.2, 0.25) is 5.15 Å². The maximum absolute atomic E-state index is 13.2. The van der Waals surface area contributed by atoms with Crippen molar-refractivity contribution in [1.29, 1.82) is 0 Å². The molecule has 0 amide bonds. The van der Waals surface area contributed by atoms with Crippen molar-refractivity contribution in [2.75, 3.05) is 5.32 Å². The predicted octanol–water partition coefficient (Wildman–Crippen LogP) is 2.89. The first-order valence-corrected chi connectivity index (χ1v) is 10.0. The van der Waals surface area contributed by atoms with Gasteiger partial charge in [0.2, 0.25) is 5.78 Å². The van der Waals surface area contributed by atoms with E-state index >= 15 is 0 Å². The molecule has 0 atom stereocenters. The number of nitrogens with one attached hydrogen (secondary N) is 1. The summed E-state index contributed by atoms with van der Waals surface area (Å²) in [5, 5.41) is 7.52. The molecule has 3 aromatic rings.